The van der Waals surface area contributed by atoms with E-state index in [9.17, 15) is 9.59 Å². The summed E-state index contributed by atoms with van der Waals surface area (Å²) < 4.78 is 0. The van der Waals surface area contributed by atoms with Crippen LogP contribution in [-0.4, -0.2) is 43.9 Å². The Balaban J connectivity index is 1.97. The summed E-state index contributed by atoms with van der Waals surface area (Å²) in [7, 11) is 3.97. The molecule has 134 valence electrons. The zero-order valence-electron chi connectivity index (χ0n) is 15.0. The normalized spacial score (nSPS) is 10.2. The minimum absolute atomic E-state index is 0.197. The van der Waals surface area contributed by atoms with Crippen LogP contribution in [0.25, 0.3) is 0 Å². The van der Waals surface area contributed by atoms with Crippen LogP contribution in [0.1, 0.15) is 32.7 Å². The summed E-state index contributed by atoms with van der Waals surface area (Å²) in [6.45, 7) is 1.48. The molecular formula is C20H22N4O2. The van der Waals surface area contributed by atoms with Crippen LogP contribution in [0.3, 0.4) is 0 Å². The summed E-state index contributed by atoms with van der Waals surface area (Å²) in [5.41, 5.74) is 1.96. The van der Waals surface area contributed by atoms with Crippen LogP contribution in [-0.2, 0) is 0 Å². The van der Waals surface area contributed by atoms with Gasteiger partial charge in [0.15, 0.2) is 0 Å². The van der Waals surface area contributed by atoms with E-state index >= 15 is 0 Å². The minimum atomic E-state index is -0.308. The molecule has 26 heavy (non-hydrogen) atoms. The smallest absolute Gasteiger partial charge is 0.255 e. The summed E-state index contributed by atoms with van der Waals surface area (Å²) >= 11 is 0. The van der Waals surface area contributed by atoms with Crippen LogP contribution in [0.4, 0.5) is 5.69 Å². The van der Waals surface area contributed by atoms with E-state index in [0.29, 0.717) is 28.9 Å². The van der Waals surface area contributed by atoms with Crippen molar-refractivity contribution in [3.63, 3.8) is 0 Å². The molecule has 2 aromatic rings. The molecule has 0 aliphatic carbocycles. The molecule has 0 aliphatic rings. The molecule has 0 unspecified atom stereocenters. The maximum Gasteiger partial charge on any atom is 0.255 e. The van der Waals surface area contributed by atoms with E-state index in [1.807, 2.05) is 20.2 Å². The average Bonchev–Trinajstić information content (AvgIpc) is 2.65. The number of carbonyl (C=O) groups is 2. The molecule has 0 heterocycles. The van der Waals surface area contributed by atoms with E-state index in [2.05, 4.69) is 15.5 Å². The number of nitrogens with one attached hydrogen (secondary N) is 2. The van der Waals surface area contributed by atoms with Gasteiger partial charge in [-0.25, -0.2) is 0 Å². The largest absolute Gasteiger partial charge is 0.352 e. The lowest BCUT2D eigenvalue weighted by Gasteiger charge is -2.10. The minimum Gasteiger partial charge on any atom is -0.352 e. The van der Waals surface area contributed by atoms with Gasteiger partial charge < -0.3 is 15.5 Å². The molecule has 2 rings (SSSR count). The van der Waals surface area contributed by atoms with Crippen LogP contribution >= 0.6 is 0 Å². The summed E-state index contributed by atoms with van der Waals surface area (Å²) in [6.07, 6.45) is 0.859. The summed E-state index contributed by atoms with van der Waals surface area (Å²) in [6, 6.07) is 15.2. The molecule has 0 aromatic heterocycles. The molecule has 0 atom stereocenters. The number of nitriles is 1. The van der Waals surface area contributed by atoms with Gasteiger partial charge in [-0.05, 0) is 69.5 Å². The van der Waals surface area contributed by atoms with Gasteiger partial charge in [0.1, 0.15) is 0 Å². The standard InChI is InChI=1S/C20H22N4O2/c1-24(2)12-4-11-22-19(25)16-5-3-6-17(13-16)20(26)23-18-9-7-15(14-21)8-10-18/h3,5-10,13H,4,11-12H2,1-2H3,(H,22,25)(H,23,26). The number of rotatable bonds is 7. The van der Waals surface area contributed by atoms with Crippen LogP contribution in [0, 0.1) is 11.3 Å². The third kappa shape index (κ3) is 5.72. The van der Waals surface area contributed by atoms with Gasteiger partial charge >= 0.3 is 0 Å². The highest BCUT2D eigenvalue weighted by atomic mass is 16.2. The molecule has 2 N–H and O–H groups in total. The van der Waals surface area contributed by atoms with Crippen LogP contribution in [0.2, 0.25) is 0 Å². The fourth-order valence-corrected chi connectivity index (χ4v) is 2.33. The Hall–Kier alpha value is -3.17. The van der Waals surface area contributed by atoms with E-state index in [1.54, 1.807) is 48.5 Å². The lowest BCUT2D eigenvalue weighted by atomic mass is 10.1. The van der Waals surface area contributed by atoms with Gasteiger partial charge in [-0.2, -0.15) is 5.26 Å². The number of anilines is 1. The summed E-state index contributed by atoms with van der Waals surface area (Å²) in [5, 5.41) is 14.4. The molecule has 0 bridgehead atoms. The quantitative estimate of drug-likeness (QED) is 0.751. The fraction of sp³-hybridized carbons (Fsp3) is 0.250. The second-order valence-corrected chi connectivity index (χ2v) is 6.14. The third-order valence-electron chi connectivity index (χ3n) is 3.73. The Kier molecular flexibility index (Phi) is 6.89. The zero-order chi connectivity index (χ0) is 18.9. The highest BCUT2D eigenvalue weighted by Gasteiger charge is 2.10. The number of carbonyl (C=O) groups excluding carboxylic acids is 2. The molecule has 0 fully saturated rings. The molecule has 2 aromatic carbocycles. The van der Waals surface area contributed by atoms with Gasteiger partial charge in [0.25, 0.3) is 11.8 Å². The molecular weight excluding hydrogens is 328 g/mol. The van der Waals surface area contributed by atoms with Crippen LogP contribution in [0.5, 0.6) is 0 Å². The van der Waals surface area contributed by atoms with E-state index < -0.39 is 0 Å². The van der Waals surface area contributed by atoms with Crippen molar-refractivity contribution in [2.24, 2.45) is 0 Å². The molecule has 0 saturated carbocycles. The SMILES string of the molecule is CN(C)CCCNC(=O)c1cccc(C(=O)Nc2ccc(C#N)cc2)c1. The van der Waals surface area contributed by atoms with Crippen molar-refractivity contribution in [3.8, 4) is 6.07 Å². The third-order valence-corrected chi connectivity index (χ3v) is 3.73. The summed E-state index contributed by atoms with van der Waals surface area (Å²) in [4.78, 5) is 26.6. The number of hydrogen-bond donors (Lipinski definition) is 2. The Morgan fingerprint density at radius 2 is 1.69 bits per heavy atom. The van der Waals surface area contributed by atoms with Crippen molar-refractivity contribution in [2.45, 2.75) is 6.42 Å². The van der Waals surface area contributed by atoms with Crippen molar-refractivity contribution in [3.05, 3.63) is 65.2 Å². The van der Waals surface area contributed by atoms with Crippen LogP contribution in [0.15, 0.2) is 48.5 Å². The molecule has 2 amide bonds. The van der Waals surface area contributed by atoms with Crippen LogP contribution < -0.4 is 10.6 Å². The predicted molar refractivity (Wildman–Crippen MR) is 101 cm³/mol. The first-order valence-corrected chi connectivity index (χ1v) is 8.34. The Morgan fingerprint density at radius 3 is 2.31 bits per heavy atom. The van der Waals surface area contributed by atoms with Crippen molar-refractivity contribution in [1.29, 1.82) is 5.26 Å². The van der Waals surface area contributed by atoms with Crippen molar-refractivity contribution >= 4 is 17.5 Å². The van der Waals surface area contributed by atoms with Gasteiger partial charge in [0.2, 0.25) is 0 Å². The number of amides is 2. The Labute approximate surface area is 153 Å². The number of nitrogens with zero attached hydrogens (tertiary/aromatic N) is 2. The first-order valence-electron chi connectivity index (χ1n) is 8.34. The van der Waals surface area contributed by atoms with Crippen molar-refractivity contribution in [2.75, 3.05) is 32.5 Å². The monoisotopic (exact) mass is 350 g/mol. The topological polar surface area (TPSA) is 85.2 Å². The van der Waals surface area contributed by atoms with E-state index in [4.69, 9.17) is 5.26 Å². The fourth-order valence-electron chi connectivity index (χ4n) is 2.33. The first kappa shape index (κ1) is 19.2. The maximum atomic E-state index is 12.4. The highest BCUT2D eigenvalue weighted by Crippen LogP contribution is 2.12. The maximum absolute atomic E-state index is 12.4. The number of benzene rings is 2. The lowest BCUT2D eigenvalue weighted by Crippen LogP contribution is -2.27. The summed E-state index contributed by atoms with van der Waals surface area (Å²) in [5.74, 6) is -0.506. The van der Waals surface area contributed by atoms with Crippen molar-refractivity contribution in [1.82, 2.24) is 10.2 Å². The predicted octanol–water partition coefficient (Wildman–Crippen LogP) is 2.49. The van der Waals surface area contributed by atoms with Gasteiger partial charge in [0, 0.05) is 23.4 Å². The molecule has 0 saturated heterocycles. The second kappa shape index (κ2) is 9.35. The molecule has 0 spiro atoms. The van der Waals surface area contributed by atoms with Gasteiger partial charge in [-0.15, -0.1) is 0 Å². The van der Waals surface area contributed by atoms with Gasteiger partial charge in [-0.1, -0.05) is 6.07 Å². The first-order chi connectivity index (χ1) is 12.5. The van der Waals surface area contributed by atoms with E-state index in [-0.39, 0.29) is 11.8 Å². The highest BCUT2D eigenvalue weighted by molar-refractivity contribution is 6.06. The Morgan fingerprint density at radius 1 is 1.04 bits per heavy atom. The van der Waals surface area contributed by atoms with E-state index in [0.717, 1.165) is 13.0 Å². The lowest BCUT2D eigenvalue weighted by molar-refractivity contribution is 0.0952. The second-order valence-electron chi connectivity index (χ2n) is 6.14. The number of hydrogen-bond acceptors (Lipinski definition) is 4. The molecule has 6 nitrogen and oxygen atoms in total. The molecule has 6 heteroatoms. The molecule has 0 radical (unpaired) electrons. The average molecular weight is 350 g/mol. The van der Waals surface area contributed by atoms with Crippen molar-refractivity contribution < 1.29 is 9.59 Å². The van der Waals surface area contributed by atoms with Gasteiger partial charge in [-0.3, -0.25) is 9.59 Å². The molecule has 0 aliphatic heterocycles. The van der Waals surface area contributed by atoms with E-state index in [1.165, 1.54) is 0 Å². The zero-order valence-corrected chi connectivity index (χ0v) is 15.0. The van der Waals surface area contributed by atoms with Gasteiger partial charge in [0.05, 0.1) is 11.6 Å². The Bertz CT molecular complexity index is 807.